The molecule has 4 nitrogen and oxygen atoms in total. The number of nitrogens with zero attached hydrogens (tertiary/aromatic N) is 2. The second-order valence-corrected chi connectivity index (χ2v) is 7.09. The van der Waals surface area contributed by atoms with E-state index in [2.05, 4.69) is 33.0 Å². The van der Waals surface area contributed by atoms with E-state index in [-0.39, 0.29) is 5.91 Å². The summed E-state index contributed by atoms with van der Waals surface area (Å²) in [5.74, 6) is -0.0561. The van der Waals surface area contributed by atoms with Crippen molar-refractivity contribution in [2.24, 2.45) is 0 Å². The summed E-state index contributed by atoms with van der Waals surface area (Å²) in [6.07, 6.45) is 0. The van der Waals surface area contributed by atoms with Gasteiger partial charge in [-0.05, 0) is 67.1 Å². The number of rotatable bonds is 4. The van der Waals surface area contributed by atoms with Crippen LogP contribution in [0, 0.1) is 24.3 Å². The fourth-order valence-corrected chi connectivity index (χ4v) is 3.44. The van der Waals surface area contributed by atoms with Gasteiger partial charge in [0, 0.05) is 21.4 Å². The third-order valence-electron chi connectivity index (χ3n) is 4.30. The van der Waals surface area contributed by atoms with Gasteiger partial charge in [-0.15, -0.1) is 0 Å². The summed E-state index contributed by atoms with van der Waals surface area (Å²) in [6, 6.07) is 15.8. The largest absolute Gasteiger partial charge is 0.348 e. The lowest BCUT2D eigenvalue weighted by Gasteiger charge is -2.09. The van der Waals surface area contributed by atoms with Gasteiger partial charge < -0.3 is 5.32 Å². The van der Waals surface area contributed by atoms with E-state index in [0.29, 0.717) is 12.1 Å². The van der Waals surface area contributed by atoms with Crippen molar-refractivity contribution in [3.63, 3.8) is 0 Å². The molecule has 0 spiro atoms. The fourth-order valence-electron chi connectivity index (χ4n) is 2.84. The van der Waals surface area contributed by atoms with Crippen LogP contribution in [0.2, 0.25) is 0 Å². The number of halogens is 1. The van der Waals surface area contributed by atoms with Crippen LogP contribution in [0.4, 0.5) is 0 Å². The highest BCUT2D eigenvalue weighted by Crippen LogP contribution is 2.19. The Kier molecular flexibility index (Phi) is 5.22. The Bertz CT molecular complexity index is 916. The van der Waals surface area contributed by atoms with Gasteiger partial charge in [0.1, 0.15) is 0 Å². The molecule has 1 N–H and O–H groups in total. The lowest BCUT2D eigenvalue weighted by atomic mass is 10.1. The molecule has 0 saturated heterocycles. The van der Waals surface area contributed by atoms with Gasteiger partial charge in [0.15, 0.2) is 0 Å². The second-order valence-electron chi connectivity index (χ2n) is 6.02. The maximum atomic E-state index is 12.5. The van der Waals surface area contributed by atoms with Crippen molar-refractivity contribution in [3.05, 3.63) is 80.2 Å². The number of para-hydroxylation sites is 1. The maximum absolute atomic E-state index is 12.5. The highest BCUT2D eigenvalue weighted by atomic mass is 127. The Morgan fingerprint density at radius 2 is 1.80 bits per heavy atom. The Balaban J connectivity index is 1.81. The Morgan fingerprint density at radius 1 is 1.08 bits per heavy atom. The molecule has 2 aromatic carbocycles. The molecule has 3 aromatic rings. The average Bonchev–Trinajstić information content (AvgIpc) is 2.90. The first kappa shape index (κ1) is 17.7. The third kappa shape index (κ3) is 3.61. The van der Waals surface area contributed by atoms with E-state index in [0.717, 1.165) is 31.8 Å². The van der Waals surface area contributed by atoms with Gasteiger partial charge in [0.25, 0.3) is 5.91 Å². The molecule has 1 amide bonds. The predicted octanol–water partition coefficient (Wildman–Crippen LogP) is 4.33. The van der Waals surface area contributed by atoms with E-state index in [1.54, 1.807) is 0 Å². The summed E-state index contributed by atoms with van der Waals surface area (Å²) in [4.78, 5) is 12.5. The molecule has 0 aliphatic heterocycles. The SMILES string of the molecule is Cc1cccc(C(=O)NCc2c(C)nn(-c3ccccc3)c2C)c1I. The van der Waals surface area contributed by atoms with Crippen LogP contribution in [0.3, 0.4) is 0 Å². The Morgan fingerprint density at radius 3 is 2.52 bits per heavy atom. The zero-order chi connectivity index (χ0) is 18.0. The van der Waals surface area contributed by atoms with Crippen LogP contribution in [0.1, 0.15) is 32.9 Å². The number of aryl methyl sites for hydroxylation is 2. The monoisotopic (exact) mass is 445 g/mol. The van der Waals surface area contributed by atoms with Gasteiger partial charge in [0.2, 0.25) is 0 Å². The summed E-state index contributed by atoms with van der Waals surface area (Å²) in [5.41, 5.74) is 5.88. The number of hydrogen-bond donors (Lipinski definition) is 1. The molecule has 5 heteroatoms. The van der Waals surface area contributed by atoms with Crippen LogP contribution in [-0.4, -0.2) is 15.7 Å². The van der Waals surface area contributed by atoms with Crippen LogP contribution < -0.4 is 5.32 Å². The van der Waals surface area contributed by atoms with E-state index < -0.39 is 0 Å². The first-order valence-corrected chi connectivity index (χ1v) is 9.20. The molecule has 25 heavy (non-hydrogen) atoms. The molecular weight excluding hydrogens is 425 g/mol. The van der Waals surface area contributed by atoms with Crippen molar-refractivity contribution in [1.82, 2.24) is 15.1 Å². The summed E-state index contributed by atoms with van der Waals surface area (Å²) in [6.45, 7) is 6.49. The number of carbonyl (C=O) groups excluding carboxylic acids is 1. The van der Waals surface area contributed by atoms with Gasteiger partial charge in [-0.1, -0.05) is 30.3 Å². The smallest absolute Gasteiger partial charge is 0.252 e. The molecule has 0 fully saturated rings. The highest BCUT2D eigenvalue weighted by Gasteiger charge is 2.15. The fraction of sp³-hybridized carbons (Fsp3) is 0.200. The first-order chi connectivity index (χ1) is 12.0. The van der Waals surface area contributed by atoms with E-state index in [1.807, 2.05) is 74.0 Å². The normalized spacial score (nSPS) is 10.7. The molecule has 0 aliphatic rings. The lowest BCUT2D eigenvalue weighted by molar-refractivity contribution is 0.0950. The minimum absolute atomic E-state index is 0.0561. The van der Waals surface area contributed by atoms with Crippen molar-refractivity contribution < 1.29 is 4.79 Å². The maximum Gasteiger partial charge on any atom is 0.252 e. The lowest BCUT2D eigenvalue weighted by Crippen LogP contribution is -2.24. The van der Waals surface area contributed by atoms with Crippen LogP contribution in [-0.2, 0) is 6.54 Å². The summed E-state index contributed by atoms with van der Waals surface area (Å²) < 4.78 is 2.92. The molecule has 1 heterocycles. The third-order valence-corrected chi connectivity index (χ3v) is 5.74. The van der Waals surface area contributed by atoms with Gasteiger partial charge in [-0.25, -0.2) is 4.68 Å². The predicted molar refractivity (Wildman–Crippen MR) is 108 cm³/mol. The van der Waals surface area contributed by atoms with Crippen LogP contribution in [0.5, 0.6) is 0 Å². The molecular formula is C20H20IN3O. The van der Waals surface area contributed by atoms with Crippen molar-refractivity contribution in [2.75, 3.05) is 0 Å². The summed E-state index contributed by atoms with van der Waals surface area (Å²) >= 11 is 2.22. The second kappa shape index (κ2) is 7.39. The van der Waals surface area contributed by atoms with E-state index in [4.69, 9.17) is 0 Å². The minimum Gasteiger partial charge on any atom is -0.348 e. The molecule has 0 saturated carbocycles. The van der Waals surface area contributed by atoms with Crippen LogP contribution in [0.25, 0.3) is 5.69 Å². The van der Waals surface area contributed by atoms with Gasteiger partial charge in [-0.3, -0.25) is 4.79 Å². The van der Waals surface area contributed by atoms with Crippen LogP contribution in [0.15, 0.2) is 48.5 Å². The molecule has 0 unspecified atom stereocenters. The highest BCUT2D eigenvalue weighted by molar-refractivity contribution is 14.1. The molecule has 0 radical (unpaired) electrons. The van der Waals surface area contributed by atoms with Crippen molar-refractivity contribution in [3.8, 4) is 5.69 Å². The van der Waals surface area contributed by atoms with Crippen molar-refractivity contribution in [1.29, 1.82) is 0 Å². The van der Waals surface area contributed by atoms with Gasteiger partial charge in [-0.2, -0.15) is 5.10 Å². The number of hydrogen-bond acceptors (Lipinski definition) is 2. The first-order valence-electron chi connectivity index (χ1n) is 8.13. The molecule has 128 valence electrons. The minimum atomic E-state index is -0.0561. The van der Waals surface area contributed by atoms with E-state index in [1.165, 1.54) is 0 Å². The number of carbonyl (C=O) groups is 1. The number of nitrogens with one attached hydrogen (secondary N) is 1. The van der Waals surface area contributed by atoms with E-state index >= 15 is 0 Å². The molecule has 0 bridgehead atoms. The van der Waals surface area contributed by atoms with Gasteiger partial charge in [0.05, 0.1) is 16.9 Å². The Hall–Kier alpha value is -2.15. The van der Waals surface area contributed by atoms with Crippen molar-refractivity contribution >= 4 is 28.5 Å². The average molecular weight is 445 g/mol. The zero-order valence-corrected chi connectivity index (χ0v) is 16.7. The summed E-state index contributed by atoms with van der Waals surface area (Å²) in [7, 11) is 0. The van der Waals surface area contributed by atoms with Crippen LogP contribution >= 0.6 is 22.6 Å². The number of aromatic nitrogens is 2. The quantitative estimate of drug-likeness (QED) is 0.608. The molecule has 0 aliphatic carbocycles. The summed E-state index contributed by atoms with van der Waals surface area (Å²) in [5, 5.41) is 7.66. The van der Waals surface area contributed by atoms with E-state index in [9.17, 15) is 4.79 Å². The molecule has 0 atom stereocenters. The number of benzene rings is 2. The molecule has 1 aromatic heterocycles. The molecule has 3 rings (SSSR count). The topological polar surface area (TPSA) is 46.9 Å². The van der Waals surface area contributed by atoms with Gasteiger partial charge >= 0.3 is 0 Å². The standard InChI is InChI=1S/C20H20IN3O/c1-13-8-7-11-17(19(13)21)20(25)22-12-18-14(2)23-24(15(18)3)16-9-5-4-6-10-16/h4-11H,12H2,1-3H3,(H,22,25). The Labute approximate surface area is 161 Å². The number of amides is 1. The zero-order valence-electron chi connectivity index (χ0n) is 14.5. The van der Waals surface area contributed by atoms with Crippen molar-refractivity contribution in [2.45, 2.75) is 27.3 Å².